The van der Waals surface area contributed by atoms with E-state index < -0.39 is 0 Å². The van der Waals surface area contributed by atoms with Gasteiger partial charge in [-0.3, -0.25) is 4.79 Å². The molecule has 1 atom stereocenters. The van der Waals surface area contributed by atoms with Gasteiger partial charge in [-0.05, 0) is 62.6 Å². The summed E-state index contributed by atoms with van der Waals surface area (Å²) in [6, 6.07) is 11.9. The van der Waals surface area contributed by atoms with Gasteiger partial charge in [0.15, 0.2) is 22.2 Å². The third-order valence-electron chi connectivity index (χ3n) is 5.51. The van der Waals surface area contributed by atoms with Crippen molar-refractivity contribution < 1.29 is 9.53 Å². The molecule has 1 amide bonds. The van der Waals surface area contributed by atoms with Crippen LogP contribution in [0, 0.1) is 20.8 Å². The van der Waals surface area contributed by atoms with E-state index in [1.165, 1.54) is 34.2 Å². The monoisotopic (exact) mass is 527 g/mol. The van der Waals surface area contributed by atoms with E-state index in [-0.39, 0.29) is 17.8 Å². The number of thioether (sulfide) groups is 1. The Morgan fingerprint density at radius 3 is 2.74 bits per heavy atom. The third-order valence-corrected chi connectivity index (χ3v) is 7.60. The number of carbonyl (C=O) groups is 1. The summed E-state index contributed by atoms with van der Waals surface area (Å²) < 4.78 is 7.84. The maximum Gasteiger partial charge on any atom is 0.236 e. The van der Waals surface area contributed by atoms with Gasteiger partial charge in [0, 0.05) is 18.0 Å². The predicted octanol–water partition coefficient (Wildman–Crippen LogP) is 6.39. The van der Waals surface area contributed by atoms with Crippen molar-refractivity contribution in [2.75, 3.05) is 11.1 Å². The van der Waals surface area contributed by atoms with Crippen LogP contribution in [-0.4, -0.2) is 31.4 Å². The van der Waals surface area contributed by atoms with E-state index in [4.69, 9.17) is 16.3 Å². The molecule has 1 N–H and O–H groups in total. The highest BCUT2D eigenvalue weighted by Crippen LogP contribution is 2.30. The number of thiazole rings is 1. The Morgan fingerprint density at radius 2 is 1.97 bits per heavy atom. The quantitative estimate of drug-likeness (QED) is 0.267. The van der Waals surface area contributed by atoms with E-state index in [2.05, 4.69) is 46.5 Å². The van der Waals surface area contributed by atoms with E-state index in [1.807, 2.05) is 55.1 Å². The average Bonchev–Trinajstić information content (AvgIpc) is 3.43. The fraction of sp³-hybridized carbons (Fsp3) is 0.280. The summed E-state index contributed by atoms with van der Waals surface area (Å²) >= 11 is 8.96. The SMILES string of the molecule is Cc1ccc(Cl)c(OC(C)c2nnc(SCC(=O)Nc3nc(-c4ccc(C)c(C)c4)cs3)n2C)c1. The summed E-state index contributed by atoms with van der Waals surface area (Å²) in [4.78, 5) is 17.1. The smallest absolute Gasteiger partial charge is 0.236 e. The number of aromatic nitrogens is 4. The van der Waals surface area contributed by atoms with Crippen LogP contribution in [-0.2, 0) is 11.8 Å². The van der Waals surface area contributed by atoms with Crippen molar-refractivity contribution in [1.29, 1.82) is 0 Å². The highest BCUT2D eigenvalue weighted by atomic mass is 35.5. The fourth-order valence-corrected chi connectivity index (χ4v) is 5.02. The zero-order valence-corrected chi connectivity index (χ0v) is 22.5. The zero-order valence-electron chi connectivity index (χ0n) is 20.1. The van der Waals surface area contributed by atoms with Gasteiger partial charge in [0.1, 0.15) is 5.75 Å². The lowest BCUT2D eigenvalue weighted by molar-refractivity contribution is -0.113. The number of ether oxygens (including phenoxy) is 1. The van der Waals surface area contributed by atoms with Crippen molar-refractivity contribution in [2.45, 2.75) is 39.0 Å². The molecule has 0 spiro atoms. The number of aryl methyl sites for hydroxylation is 3. The van der Waals surface area contributed by atoms with Crippen molar-refractivity contribution in [1.82, 2.24) is 19.7 Å². The molecule has 0 bridgehead atoms. The van der Waals surface area contributed by atoms with Crippen LogP contribution < -0.4 is 10.1 Å². The van der Waals surface area contributed by atoms with E-state index in [0.717, 1.165) is 16.8 Å². The standard InChI is InChI=1S/C25H26ClN5O2S2/c1-14-6-9-19(26)21(10-14)33-17(4)23-29-30-25(31(23)5)35-13-22(32)28-24-27-20(12-34-24)18-8-7-15(2)16(3)11-18/h6-12,17H,13H2,1-5H3,(H,27,28,32). The lowest BCUT2D eigenvalue weighted by Gasteiger charge is -2.15. The third kappa shape index (κ3) is 6.04. The number of halogens is 1. The molecule has 1 unspecified atom stereocenters. The molecule has 0 radical (unpaired) electrons. The van der Waals surface area contributed by atoms with E-state index in [9.17, 15) is 4.79 Å². The van der Waals surface area contributed by atoms with Crippen LogP contribution >= 0.6 is 34.7 Å². The second-order valence-electron chi connectivity index (χ2n) is 8.27. The summed E-state index contributed by atoms with van der Waals surface area (Å²) in [6.07, 6.45) is -0.367. The number of hydrogen-bond acceptors (Lipinski definition) is 7. The molecule has 2 aromatic carbocycles. The summed E-state index contributed by atoms with van der Waals surface area (Å²) in [5, 5.41) is 15.0. The Kier molecular flexibility index (Phi) is 7.78. The van der Waals surface area contributed by atoms with Crippen LogP contribution in [0.5, 0.6) is 5.75 Å². The van der Waals surface area contributed by atoms with Gasteiger partial charge >= 0.3 is 0 Å². The number of carbonyl (C=O) groups excluding carboxylic acids is 1. The number of nitrogens with zero attached hydrogens (tertiary/aromatic N) is 4. The second-order valence-corrected chi connectivity index (χ2v) is 10.5. The normalized spacial score (nSPS) is 11.9. The first-order valence-electron chi connectivity index (χ1n) is 11.0. The number of nitrogens with one attached hydrogen (secondary N) is 1. The van der Waals surface area contributed by atoms with Gasteiger partial charge in [0.25, 0.3) is 0 Å². The van der Waals surface area contributed by atoms with Gasteiger partial charge in [-0.2, -0.15) is 0 Å². The number of benzene rings is 2. The molecule has 10 heteroatoms. The summed E-state index contributed by atoms with van der Waals surface area (Å²) in [5.74, 6) is 1.27. The summed E-state index contributed by atoms with van der Waals surface area (Å²) in [5.41, 5.74) is 5.39. The first-order valence-corrected chi connectivity index (χ1v) is 13.2. The van der Waals surface area contributed by atoms with Gasteiger partial charge < -0.3 is 14.6 Å². The topological polar surface area (TPSA) is 81.9 Å². The van der Waals surface area contributed by atoms with Crippen molar-refractivity contribution in [3.05, 3.63) is 69.3 Å². The molecule has 0 aliphatic heterocycles. The highest BCUT2D eigenvalue weighted by molar-refractivity contribution is 7.99. The number of rotatable bonds is 8. The van der Waals surface area contributed by atoms with Gasteiger partial charge in [0.05, 0.1) is 16.5 Å². The van der Waals surface area contributed by atoms with Crippen LogP contribution in [0.4, 0.5) is 5.13 Å². The van der Waals surface area contributed by atoms with Crippen molar-refractivity contribution >= 4 is 45.7 Å². The molecule has 2 aromatic heterocycles. The number of anilines is 1. The van der Waals surface area contributed by atoms with Crippen LogP contribution in [0.2, 0.25) is 5.02 Å². The first kappa shape index (κ1) is 25.2. The molecule has 0 aliphatic rings. The molecule has 0 saturated carbocycles. The molecule has 4 aromatic rings. The maximum absolute atomic E-state index is 12.5. The fourth-order valence-electron chi connectivity index (χ4n) is 3.40. The molecule has 0 saturated heterocycles. The predicted molar refractivity (Wildman–Crippen MR) is 143 cm³/mol. The molecule has 182 valence electrons. The average molecular weight is 528 g/mol. The Balaban J connectivity index is 1.34. The minimum Gasteiger partial charge on any atom is -0.481 e. The summed E-state index contributed by atoms with van der Waals surface area (Å²) in [6.45, 7) is 8.02. The van der Waals surface area contributed by atoms with Crippen LogP contribution in [0.3, 0.4) is 0 Å². The maximum atomic E-state index is 12.5. The zero-order chi connectivity index (χ0) is 25.1. The lowest BCUT2D eigenvalue weighted by Crippen LogP contribution is -2.14. The van der Waals surface area contributed by atoms with Crippen molar-refractivity contribution in [3.8, 4) is 17.0 Å². The number of amides is 1. The summed E-state index contributed by atoms with van der Waals surface area (Å²) in [7, 11) is 1.85. The largest absolute Gasteiger partial charge is 0.481 e. The van der Waals surface area contributed by atoms with E-state index in [0.29, 0.717) is 26.9 Å². The van der Waals surface area contributed by atoms with Gasteiger partial charge in [-0.15, -0.1) is 21.5 Å². The van der Waals surface area contributed by atoms with Crippen molar-refractivity contribution in [2.24, 2.45) is 7.05 Å². The highest BCUT2D eigenvalue weighted by Gasteiger charge is 2.19. The second kappa shape index (κ2) is 10.8. The van der Waals surface area contributed by atoms with Crippen LogP contribution in [0.25, 0.3) is 11.3 Å². The molecule has 35 heavy (non-hydrogen) atoms. The molecule has 7 nitrogen and oxygen atoms in total. The van der Waals surface area contributed by atoms with Crippen LogP contribution in [0.1, 0.15) is 35.5 Å². The van der Waals surface area contributed by atoms with Gasteiger partial charge in [-0.1, -0.05) is 41.6 Å². The molecular weight excluding hydrogens is 502 g/mol. The van der Waals surface area contributed by atoms with Gasteiger partial charge in [-0.25, -0.2) is 4.98 Å². The van der Waals surface area contributed by atoms with E-state index in [1.54, 1.807) is 0 Å². The van der Waals surface area contributed by atoms with Gasteiger partial charge in [0.2, 0.25) is 5.91 Å². The Morgan fingerprint density at radius 1 is 1.17 bits per heavy atom. The first-order chi connectivity index (χ1) is 16.7. The molecule has 4 rings (SSSR count). The van der Waals surface area contributed by atoms with Crippen molar-refractivity contribution in [3.63, 3.8) is 0 Å². The molecule has 0 fully saturated rings. The minimum atomic E-state index is -0.367. The minimum absolute atomic E-state index is 0.156. The van der Waals surface area contributed by atoms with Crippen LogP contribution in [0.15, 0.2) is 46.9 Å². The number of hydrogen-bond donors (Lipinski definition) is 1. The Bertz CT molecular complexity index is 1370. The molecule has 2 heterocycles. The molecule has 0 aliphatic carbocycles. The van der Waals surface area contributed by atoms with E-state index >= 15 is 0 Å². The molecular formula is C25H26ClN5O2S2. The Labute approximate surface area is 217 Å². The Hall–Kier alpha value is -2.88. The lowest BCUT2D eigenvalue weighted by atomic mass is 10.1.